The third kappa shape index (κ3) is 9.19. The van der Waals surface area contributed by atoms with Gasteiger partial charge in [0.15, 0.2) is 11.3 Å². The number of carbonyl (C=O) groups excluding carboxylic acids is 5. The second-order valence-corrected chi connectivity index (χ2v) is 15.8. The Morgan fingerprint density at radius 2 is 1.71 bits per heavy atom. The van der Waals surface area contributed by atoms with Crippen molar-refractivity contribution < 1.29 is 42.2 Å². The van der Waals surface area contributed by atoms with Crippen LogP contribution in [0.25, 0.3) is 11.3 Å². The minimum atomic E-state index is -2.97. The summed E-state index contributed by atoms with van der Waals surface area (Å²) in [4.78, 5) is 84.8. The van der Waals surface area contributed by atoms with Gasteiger partial charge in [0.25, 0.3) is 24.1 Å². The summed E-state index contributed by atoms with van der Waals surface area (Å²) in [6.07, 6.45) is 6.01. The predicted octanol–water partition coefficient (Wildman–Crippen LogP) is 2.16. The number of hydrogen-bond acceptors (Lipinski definition) is 16. The number of aromatic nitrogens is 7. The average Bonchev–Trinajstić information content (AvgIpc) is 4.02. The topological polar surface area (TPSA) is 227 Å². The Morgan fingerprint density at radius 1 is 0.923 bits per heavy atom. The van der Waals surface area contributed by atoms with E-state index >= 15 is 0 Å². The van der Waals surface area contributed by atoms with Crippen LogP contribution in [0.1, 0.15) is 68.9 Å². The summed E-state index contributed by atoms with van der Waals surface area (Å²) in [6, 6.07) is 5.74. The van der Waals surface area contributed by atoms with E-state index in [1.165, 1.54) is 34.0 Å². The standard InChI is InChI=1S/C42H46F2N14O7/c43-36(44)35-30(49-38(60)28-24-48-56-11-8-32(50-37(28)56)54-16-20-65-21-17-54)25-57(52-35)26-22-46-42(47-23-26)55-14-12-53(13-15-55)10-3-19-64-18-2-9-45-29-5-1-4-27-34(29)41(63)58(40(27)62)31-6-7-33(59)51-39(31)61/h1,4-5,8,11,22-25,31,36,45H,2-3,6-7,9-10,12-21H2,(H,49,60)(H,51,59,61). The molecular formula is C42H46F2N14O7. The zero-order valence-electron chi connectivity index (χ0n) is 35.2. The van der Waals surface area contributed by atoms with Crippen LogP contribution in [0.3, 0.4) is 0 Å². The van der Waals surface area contributed by atoms with Crippen LogP contribution < -0.4 is 25.8 Å². The van der Waals surface area contributed by atoms with Gasteiger partial charge in [-0.25, -0.2) is 32.9 Å². The number of ether oxygens (including phenoxy) is 2. The lowest BCUT2D eigenvalue weighted by atomic mass is 10.0. The van der Waals surface area contributed by atoms with Crippen LogP contribution in [0.15, 0.2) is 55.2 Å². The van der Waals surface area contributed by atoms with E-state index < -0.39 is 47.7 Å². The average molecular weight is 897 g/mol. The highest BCUT2D eigenvalue weighted by Crippen LogP contribution is 2.33. The smallest absolute Gasteiger partial charge is 0.284 e. The van der Waals surface area contributed by atoms with Gasteiger partial charge in [0.2, 0.25) is 17.8 Å². The quantitative estimate of drug-likeness (QED) is 0.0953. The normalized spacial score (nSPS) is 18.2. The summed E-state index contributed by atoms with van der Waals surface area (Å²) in [5.41, 5.74) is 0.931. The minimum Gasteiger partial charge on any atom is -0.384 e. The Labute approximate surface area is 370 Å². The number of nitrogens with zero attached hydrogens (tertiary/aromatic N) is 11. The number of rotatable bonds is 16. The summed E-state index contributed by atoms with van der Waals surface area (Å²) in [7, 11) is 0. The predicted molar refractivity (Wildman–Crippen MR) is 228 cm³/mol. The van der Waals surface area contributed by atoms with Gasteiger partial charge in [0, 0.05) is 83.9 Å². The van der Waals surface area contributed by atoms with Crippen LogP contribution >= 0.6 is 0 Å². The van der Waals surface area contributed by atoms with Crippen molar-refractivity contribution >= 4 is 58.3 Å². The van der Waals surface area contributed by atoms with E-state index in [-0.39, 0.29) is 40.9 Å². The van der Waals surface area contributed by atoms with E-state index in [0.717, 1.165) is 31.0 Å². The van der Waals surface area contributed by atoms with Crippen molar-refractivity contribution in [3.05, 3.63) is 77.6 Å². The molecule has 0 aliphatic carbocycles. The van der Waals surface area contributed by atoms with Gasteiger partial charge in [-0.1, -0.05) is 6.07 Å². The first kappa shape index (κ1) is 43.3. The number of anilines is 4. The molecule has 3 N–H and O–H groups in total. The number of hydrogen-bond donors (Lipinski definition) is 3. The van der Waals surface area contributed by atoms with E-state index in [1.54, 1.807) is 30.5 Å². The van der Waals surface area contributed by atoms with Crippen molar-refractivity contribution in [2.75, 3.05) is 99.2 Å². The Morgan fingerprint density at radius 3 is 2.48 bits per heavy atom. The maximum Gasteiger partial charge on any atom is 0.284 e. The molecule has 5 aromatic rings. The lowest BCUT2D eigenvalue weighted by molar-refractivity contribution is -0.136. The summed E-state index contributed by atoms with van der Waals surface area (Å²) >= 11 is 0. The molecule has 1 atom stereocenters. The second kappa shape index (κ2) is 19.0. The largest absolute Gasteiger partial charge is 0.384 e. The van der Waals surface area contributed by atoms with Gasteiger partial charge in [-0.05, 0) is 37.5 Å². The number of halogens is 2. The number of alkyl halides is 2. The fourth-order valence-corrected chi connectivity index (χ4v) is 8.27. The van der Waals surface area contributed by atoms with Gasteiger partial charge in [0.1, 0.15) is 23.1 Å². The van der Waals surface area contributed by atoms with Crippen molar-refractivity contribution in [2.45, 2.75) is 38.2 Å². The molecule has 1 unspecified atom stereocenters. The molecule has 1 aromatic carbocycles. The molecule has 0 bridgehead atoms. The molecule has 65 heavy (non-hydrogen) atoms. The number of piperidine rings is 1. The Balaban J connectivity index is 0.703. The van der Waals surface area contributed by atoms with Crippen LogP contribution in [0.4, 0.5) is 31.9 Å². The van der Waals surface area contributed by atoms with Crippen LogP contribution in [0, 0.1) is 0 Å². The Hall–Kier alpha value is -6.98. The lowest BCUT2D eigenvalue weighted by Crippen LogP contribution is -2.54. The fraction of sp³-hybridized carbons (Fsp3) is 0.429. The second-order valence-electron chi connectivity index (χ2n) is 15.8. The number of benzene rings is 1. The van der Waals surface area contributed by atoms with Crippen molar-refractivity contribution in [1.82, 2.24) is 49.5 Å². The van der Waals surface area contributed by atoms with Gasteiger partial charge < -0.3 is 29.9 Å². The van der Waals surface area contributed by atoms with Crippen molar-refractivity contribution in [1.29, 1.82) is 0 Å². The molecule has 4 aliphatic rings. The molecule has 0 radical (unpaired) electrons. The molecule has 8 heterocycles. The van der Waals surface area contributed by atoms with E-state index in [2.05, 4.69) is 50.9 Å². The SMILES string of the molecule is O=C1CCC(N2C(=O)c3cccc(NCCCOCCCN4CCN(c5ncc(-n6cc(NC(=O)c7cnn8ccc(N9CCOCC9)nc78)c(C(F)F)n6)cn5)CC4)c3C2=O)C(=O)N1. The third-order valence-electron chi connectivity index (χ3n) is 11.7. The zero-order chi connectivity index (χ0) is 45.0. The number of piperazine rings is 1. The van der Waals surface area contributed by atoms with Crippen LogP contribution in [-0.2, 0) is 19.1 Å². The molecule has 0 saturated carbocycles. The van der Waals surface area contributed by atoms with E-state index in [0.29, 0.717) is 88.7 Å². The highest BCUT2D eigenvalue weighted by molar-refractivity contribution is 6.25. The summed E-state index contributed by atoms with van der Waals surface area (Å²) < 4.78 is 42.3. The van der Waals surface area contributed by atoms with E-state index in [4.69, 9.17) is 9.47 Å². The number of amides is 5. The Kier molecular flexibility index (Phi) is 12.7. The number of morpholine rings is 1. The minimum absolute atomic E-state index is 0.0564. The zero-order valence-corrected chi connectivity index (χ0v) is 35.2. The molecule has 23 heteroatoms. The van der Waals surface area contributed by atoms with E-state index in [1.807, 2.05) is 4.90 Å². The monoisotopic (exact) mass is 896 g/mol. The van der Waals surface area contributed by atoms with Crippen LogP contribution in [0.2, 0.25) is 0 Å². The summed E-state index contributed by atoms with van der Waals surface area (Å²) in [6.45, 7) is 7.77. The molecule has 3 fully saturated rings. The first-order valence-corrected chi connectivity index (χ1v) is 21.4. The van der Waals surface area contributed by atoms with Crippen molar-refractivity contribution in [2.24, 2.45) is 0 Å². The summed E-state index contributed by atoms with van der Waals surface area (Å²) in [5.74, 6) is -1.68. The maximum atomic E-state index is 14.2. The van der Waals surface area contributed by atoms with Crippen molar-refractivity contribution in [3.8, 4) is 5.69 Å². The lowest BCUT2D eigenvalue weighted by Gasteiger charge is -2.34. The molecule has 21 nitrogen and oxygen atoms in total. The van der Waals surface area contributed by atoms with Crippen LogP contribution in [-0.4, -0.2) is 159 Å². The molecule has 3 saturated heterocycles. The van der Waals surface area contributed by atoms with Crippen molar-refractivity contribution in [3.63, 3.8) is 0 Å². The number of nitrogens with one attached hydrogen (secondary N) is 3. The maximum absolute atomic E-state index is 14.2. The molecule has 0 spiro atoms. The fourth-order valence-electron chi connectivity index (χ4n) is 8.27. The molecule has 4 aliphatic heterocycles. The van der Waals surface area contributed by atoms with Gasteiger partial charge >= 0.3 is 0 Å². The van der Waals surface area contributed by atoms with Gasteiger partial charge in [-0.3, -0.25) is 39.1 Å². The Bertz CT molecular complexity index is 2590. The van der Waals surface area contributed by atoms with Gasteiger partial charge in [-0.2, -0.15) is 10.2 Å². The molecular weight excluding hydrogens is 851 g/mol. The molecule has 5 amide bonds. The highest BCUT2D eigenvalue weighted by Gasteiger charge is 2.45. The number of carbonyl (C=O) groups is 5. The van der Waals surface area contributed by atoms with Gasteiger partial charge in [-0.15, -0.1) is 0 Å². The molecule has 340 valence electrons. The van der Waals surface area contributed by atoms with Gasteiger partial charge in [0.05, 0.1) is 54.8 Å². The number of imide groups is 2. The summed E-state index contributed by atoms with van der Waals surface area (Å²) in [5, 5.41) is 16.3. The van der Waals surface area contributed by atoms with E-state index in [9.17, 15) is 32.8 Å². The highest BCUT2D eigenvalue weighted by atomic mass is 19.3. The molecule has 9 rings (SSSR count). The third-order valence-corrected chi connectivity index (χ3v) is 11.7. The van der Waals surface area contributed by atoms with Crippen LogP contribution in [0.5, 0.6) is 0 Å². The first-order valence-electron chi connectivity index (χ1n) is 21.4. The number of fused-ring (bicyclic) bond motifs is 2. The molecule has 4 aromatic heterocycles. The first-order chi connectivity index (χ1) is 31.6.